The number of methoxy groups -OCH3 is 1. The minimum absolute atomic E-state index is 0.405. The number of esters is 1. The van der Waals surface area contributed by atoms with E-state index < -0.39 is 17.7 Å². The van der Waals surface area contributed by atoms with Gasteiger partial charge in [0.2, 0.25) is 0 Å². The summed E-state index contributed by atoms with van der Waals surface area (Å²) < 4.78 is 18.2. The van der Waals surface area contributed by atoms with Gasteiger partial charge in [-0.1, -0.05) is 6.07 Å². The van der Waals surface area contributed by atoms with E-state index in [2.05, 4.69) is 9.97 Å². The second-order valence-corrected chi connectivity index (χ2v) is 9.83. The Morgan fingerprint density at radius 1 is 1.08 bits per heavy atom. The van der Waals surface area contributed by atoms with Gasteiger partial charge in [-0.3, -0.25) is 9.88 Å². The molecule has 202 valence electrons. The Balaban J connectivity index is 1.45. The summed E-state index contributed by atoms with van der Waals surface area (Å²) in [5.74, 6) is 0.765. The Bertz CT molecular complexity index is 1490. The molecule has 1 amide bonds. The van der Waals surface area contributed by atoms with Crippen molar-refractivity contribution in [3.63, 3.8) is 0 Å². The van der Waals surface area contributed by atoms with E-state index >= 15 is 0 Å². The van der Waals surface area contributed by atoms with Gasteiger partial charge in [-0.2, -0.15) is 0 Å². The summed E-state index contributed by atoms with van der Waals surface area (Å²) >= 11 is 0. The third-order valence-electron chi connectivity index (χ3n) is 5.76. The molecule has 39 heavy (non-hydrogen) atoms. The van der Waals surface area contributed by atoms with Crippen LogP contribution in [0.4, 0.5) is 10.6 Å². The van der Waals surface area contributed by atoms with Gasteiger partial charge < -0.3 is 18.8 Å². The lowest BCUT2D eigenvalue weighted by Gasteiger charge is -2.24. The summed E-state index contributed by atoms with van der Waals surface area (Å²) in [5.41, 5.74) is 2.55. The maximum Gasteiger partial charge on any atom is 0.415 e. The first kappa shape index (κ1) is 27.4. The Morgan fingerprint density at radius 3 is 2.62 bits per heavy atom. The molecule has 9 nitrogen and oxygen atoms in total. The van der Waals surface area contributed by atoms with E-state index in [-0.39, 0.29) is 0 Å². The van der Waals surface area contributed by atoms with Crippen molar-refractivity contribution in [2.24, 2.45) is 0 Å². The average molecular weight is 529 g/mol. The van der Waals surface area contributed by atoms with Crippen molar-refractivity contribution in [2.45, 2.75) is 32.8 Å². The van der Waals surface area contributed by atoms with Crippen LogP contribution in [-0.2, 0) is 20.7 Å². The highest BCUT2D eigenvalue weighted by Crippen LogP contribution is 2.27. The van der Waals surface area contributed by atoms with Crippen molar-refractivity contribution in [3.05, 3.63) is 90.5 Å². The molecule has 0 fully saturated rings. The predicted octanol–water partition coefficient (Wildman–Crippen LogP) is 5.49. The molecule has 4 rings (SSSR count). The van der Waals surface area contributed by atoms with Gasteiger partial charge in [0.1, 0.15) is 17.2 Å². The number of pyridine rings is 2. The SMILES string of the molecule is COC(=O)C=C(c1cccnc1)n1ccc2cc(OCCc3cccc(N(C)C(=O)OC(C)(C)C)n3)ccc21. The van der Waals surface area contributed by atoms with Crippen molar-refractivity contribution in [2.75, 3.05) is 25.7 Å². The van der Waals surface area contributed by atoms with Gasteiger partial charge >= 0.3 is 12.1 Å². The van der Waals surface area contributed by atoms with E-state index in [4.69, 9.17) is 14.2 Å². The summed E-state index contributed by atoms with van der Waals surface area (Å²) in [6, 6.07) is 17.0. The second kappa shape index (κ2) is 11.8. The number of nitrogens with zero attached hydrogens (tertiary/aromatic N) is 4. The maximum absolute atomic E-state index is 12.4. The van der Waals surface area contributed by atoms with Crippen LogP contribution in [0.15, 0.2) is 79.3 Å². The molecule has 1 aromatic carbocycles. The lowest BCUT2D eigenvalue weighted by molar-refractivity contribution is -0.134. The molecular weight excluding hydrogens is 496 g/mol. The number of anilines is 1. The van der Waals surface area contributed by atoms with Crippen molar-refractivity contribution in [1.82, 2.24) is 14.5 Å². The third kappa shape index (κ3) is 7.01. The molecule has 0 spiro atoms. The van der Waals surface area contributed by atoms with Crippen molar-refractivity contribution in [3.8, 4) is 5.75 Å². The fraction of sp³-hybridized carbons (Fsp3) is 0.267. The van der Waals surface area contributed by atoms with E-state index in [0.717, 1.165) is 22.2 Å². The highest BCUT2D eigenvalue weighted by Gasteiger charge is 2.21. The lowest BCUT2D eigenvalue weighted by Crippen LogP contribution is -2.34. The molecule has 0 saturated carbocycles. The zero-order valence-corrected chi connectivity index (χ0v) is 22.7. The van der Waals surface area contributed by atoms with Crippen LogP contribution in [0.25, 0.3) is 16.6 Å². The second-order valence-electron chi connectivity index (χ2n) is 9.83. The zero-order chi connectivity index (χ0) is 28.0. The third-order valence-corrected chi connectivity index (χ3v) is 5.76. The fourth-order valence-corrected chi connectivity index (χ4v) is 3.89. The summed E-state index contributed by atoms with van der Waals surface area (Å²) in [4.78, 5) is 34.6. The molecule has 0 bridgehead atoms. The topological polar surface area (TPSA) is 95.8 Å². The predicted molar refractivity (Wildman–Crippen MR) is 150 cm³/mol. The molecule has 0 aliphatic heterocycles. The van der Waals surface area contributed by atoms with Crippen LogP contribution in [0.1, 0.15) is 32.0 Å². The van der Waals surface area contributed by atoms with Crippen molar-refractivity contribution in [1.29, 1.82) is 0 Å². The van der Waals surface area contributed by atoms with Gasteiger partial charge in [0.25, 0.3) is 0 Å². The van der Waals surface area contributed by atoms with E-state index in [1.165, 1.54) is 18.1 Å². The monoisotopic (exact) mass is 528 g/mol. The number of carbonyl (C=O) groups is 2. The molecule has 0 aliphatic rings. The molecule has 0 radical (unpaired) electrons. The summed E-state index contributed by atoms with van der Waals surface area (Å²) in [6.07, 6.45) is 6.82. The Kier molecular flexibility index (Phi) is 8.29. The normalized spacial score (nSPS) is 11.8. The number of ether oxygens (including phenoxy) is 3. The number of fused-ring (bicyclic) bond motifs is 1. The van der Waals surface area contributed by atoms with Gasteiger partial charge in [0.05, 0.1) is 24.9 Å². The first-order valence-electron chi connectivity index (χ1n) is 12.5. The first-order chi connectivity index (χ1) is 18.6. The Labute approximate surface area is 227 Å². The molecule has 0 atom stereocenters. The highest BCUT2D eigenvalue weighted by molar-refractivity contribution is 5.94. The molecule has 3 aromatic heterocycles. The van der Waals surface area contributed by atoms with E-state index in [9.17, 15) is 9.59 Å². The maximum atomic E-state index is 12.4. The lowest BCUT2D eigenvalue weighted by atomic mass is 10.2. The van der Waals surface area contributed by atoms with Crippen LogP contribution >= 0.6 is 0 Å². The van der Waals surface area contributed by atoms with E-state index in [1.54, 1.807) is 25.5 Å². The Hall–Kier alpha value is -4.66. The first-order valence-corrected chi connectivity index (χ1v) is 12.5. The molecular formula is C30H32N4O5. The largest absolute Gasteiger partial charge is 0.493 e. The quantitative estimate of drug-likeness (QED) is 0.221. The number of hydrogen-bond donors (Lipinski definition) is 0. The van der Waals surface area contributed by atoms with Crippen LogP contribution in [0.2, 0.25) is 0 Å². The van der Waals surface area contributed by atoms with Crippen LogP contribution in [0, 0.1) is 0 Å². The minimum atomic E-state index is -0.586. The number of amides is 1. The smallest absolute Gasteiger partial charge is 0.415 e. The minimum Gasteiger partial charge on any atom is -0.493 e. The fourth-order valence-electron chi connectivity index (χ4n) is 3.89. The molecule has 4 aromatic rings. The van der Waals surface area contributed by atoms with E-state index in [1.807, 2.05) is 80.1 Å². The molecule has 0 saturated heterocycles. The number of rotatable bonds is 8. The number of hydrogen-bond acceptors (Lipinski definition) is 7. The van der Waals surface area contributed by atoms with Crippen molar-refractivity contribution < 1.29 is 23.8 Å². The standard InChI is InChI=1S/C30H32N4O5/c1-30(2,3)39-29(36)33(4)27-10-6-9-23(32-27)14-17-38-24-11-12-25-21(18-24)13-16-34(25)26(19-28(35)37-5)22-8-7-15-31-20-22/h6-13,15-16,18-20H,14,17H2,1-5H3. The van der Waals surface area contributed by atoms with Gasteiger partial charge in [0, 0.05) is 54.8 Å². The van der Waals surface area contributed by atoms with E-state index in [0.29, 0.717) is 30.3 Å². The summed E-state index contributed by atoms with van der Waals surface area (Å²) in [5, 5.41) is 0.950. The average Bonchev–Trinajstić information content (AvgIpc) is 3.34. The van der Waals surface area contributed by atoms with Crippen LogP contribution in [0.5, 0.6) is 5.75 Å². The number of aromatic nitrogens is 3. The summed E-state index contributed by atoms with van der Waals surface area (Å²) in [7, 11) is 2.99. The number of carbonyl (C=O) groups excluding carboxylic acids is 2. The van der Waals surface area contributed by atoms with Gasteiger partial charge in [-0.05, 0) is 69.3 Å². The highest BCUT2D eigenvalue weighted by atomic mass is 16.6. The Morgan fingerprint density at radius 2 is 1.90 bits per heavy atom. The molecule has 3 heterocycles. The van der Waals surface area contributed by atoms with Crippen LogP contribution in [-0.4, -0.2) is 53.0 Å². The summed E-state index contributed by atoms with van der Waals surface area (Å²) in [6.45, 7) is 5.88. The molecule has 0 unspecified atom stereocenters. The number of benzene rings is 1. The van der Waals surface area contributed by atoms with Crippen molar-refractivity contribution >= 4 is 34.5 Å². The van der Waals surface area contributed by atoms with Crippen LogP contribution in [0.3, 0.4) is 0 Å². The zero-order valence-electron chi connectivity index (χ0n) is 22.7. The van der Waals surface area contributed by atoms with Gasteiger partial charge in [0.15, 0.2) is 0 Å². The molecule has 0 aliphatic carbocycles. The van der Waals surface area contributed by atoms with Gasteiger partial charge in [-0.25, -0.2) is 14.6 Å². The molecule has 0 N–H and O–H groups in total. The van der Waals surface area contributed by atoms with Gasteiger partial charge in [-0.15, -0.1) is 0 Å². The molecule has 9 heteroatoms. The van der Waals surface area contributed by atoms with Crippen LogP contribution < -0.4 is 9.64 Å².